The monoisotopic (exact) mass is 330 g/mol. The first-order chi connectivity index (χ1) is 11.7. The zero-order valence-electron chi connectivity index (χ0n) is 14.0. The summed E-state index contributed by atoms with van der Waals surface area (Å²) < 4.78 is 6.22. The van der Waals surface area contributed by atoms with Gasteiger partial charge in [-0.1, -0.05) is 24.6 Å². The molecule has 3 atom stereocenters. The molecule has 1 aromatic rings. The quantitative estimate of drug-likeness (QED) is 0.798. The summed E-state index contributed by atoms with van der Waals surface area (Å²) in [6.45, 7) is 0.545. The minimum atomic E-state index is -0.271. The molecule has 2 fully saturated rings. The lowest BCUT2D eigenvalue weighted by molar-refractivity contribution is -0.0355. The summed E-state index contributed by atoms with van der Waals surface area (Å²) in [7, 11) is 0. The van der Waals surface area contributed by atoms with Crippen LogP contribution in [0.4, 0.5) is 4.79 Å². The maximum atomic E-state index is 12.4. The minimum Gasteiger partial charge on any atom is -0.487 e. The van der Waals surface area contributed by atoms with Gasteiger partial charge in [0.15, 0.2) is 0 Å². The summed E-state index contributed by atoms with van der Waals surface area (Å²) >= 11 is 0. The van der Waals surface area contributed by atoms with Crippen LogP contribution in [-0.2, 0) is 0 Å². The number of hydrogen-bond donors (Lipinski definition) is 3. The second-order valence-corrected chi connectivity index (χ2v) is 7.55. The Morgan fingerprint density at radius 1 is 1.25 bits per heavy atom. The largest absolute Gasteiger partial charge is 0.487 e. The van der Waals surface area contributed by atoms with Gasteiger partial charge in [0.05, 0.1) is 12.1 Å². The van der Waals surface area contributed by atoms with Gasteiger partial charge in [-0.05, 0) is 38.2 Å². The van der Waals surface area contributed by atoms with Gasteiger partial charge in [0, 0.05) is 24.4 Å². The van der Waals surface area contributed by atoms with E-state index in [4.69, 9.17) is 4.74 Å². The Labute approximate surface area is 142 Å². The average molecular weight is 330 g/mol. The van der Waals surface area contributed by atoms with Crippen LogP contribution in [0.25, 0.3) is 0 Å². The van der Waals surface area contributed by atoms with E-state index in [0.29, 0.717) is 6.54 Å². The van der Waals surface area contributed by atoms with E-state index in [1.807, 2.05) is 24.3 Å². The second-order valence-electron chi connectivity index (χ2n) is 7.55. The number of aliphatic hydroxyl groups is 1. The Hall–Kier alpha value is -1.75. The van der Waals surface area contributed by atoms with Crippen LogP contribution >= 0.6 is 0 Å². The third-order valence-electron chi connectivity index (χ3n) is 5.91. The number of benzene rings is 1. The first kappa shape index (κ1) is 15.8. The van der Waals surface area contributed by atoms with Gasteiger partial charge >= 0.3 is 6.03 Å². The third kappa shape index (κ3) is 2.97. The summed E-state index contributed by atoms with van der Waals surface area (Å²) in [5, 5.41) is 15.9. The van der Waals surface area contributed by atoms with Gasteiger partial charge in [-0.15, -0.1) is 0 Å². The number of urea groups is 1. The van der Waals surface area contributed by atoms with Crippen molar-refractivity contribution in [3.05, 3.63) is 29.8 Å². The first-order valence-electron chi connectivity index (χ1n) is 9.16. The number of fused-ring (bicyclic) bond motifs is 1. The summed E-state index contributed by atoms with van der Waals surface area (Å²) in [4.78, 5) is 12.4. The molecule has 3 unspecified atom stereocenters. The molecule has 24 heavy (non-hydrogen) atoms. The maximum absolute atomic E-state index is 12.4. The van der Waals surface area contributed by atoms with Crippen molar-refractivity contribution in [3.63, 3.8) is 0 Å². The van der Waals surface area contributed by atoms with Crippen LogP contribution in [-0.4, -0.2) is 29.4 Å². The molecule has 2 amide bonds. The molecule has 1 spiro atoms. The predicted octanol–water partition coefficient (Wildman–Crippen LogP) is 2.89. The average Bonchev–Trinajstić information content (AvgIpc) is 2.96. The molecule has 4 rings (SSSR count). The first-order valence-corrected chi connectivity index (χ1v) is 9.16. The summed E-state index contributed by atoms with van der Waals surface area (Å²) in [6, 6.07) is 7.84. The summed E-state index contributed by atoms with van der Waals surface area (Å²) in [5.41, 5.74) is 0.972. The molecule has 5 nitrogen and oxygen atoms in total. The number of ether oxygens (including phenoxy) is 1. The molecule has 0 saturated heterocycles. The van der Waals surface area contributed by atoms with Crippen LogP contribution in [0, 0.1) is 5.92 Å². The van der Waals surface area contributed by atoms with Crippen molar-refractivity contribution in [1.29, 1.82) is 0 Å². The highest BCUT2D eigenvalue weighted by Crippen LogP contribution is 2.48. The van der Waals surface area contributed by atoms with Crippen molar-refractivity contribution in [1.82, 2.24) is 10.6 Å². The Bertz CT molecular complexity index is 614. The van der Waals surface area contributed by atoms with Crippen molar-refractivity contribution in [2.45, 2.75) is 62.7 Å². The van der Waals surface area contributed by atoms with E-state index in [1.54, 1.807) is 0 Å². The van der Waals surface area contributed by atoms with E-state index in [-0.39, 0.29) is 29.7 Å². The van der Waals surface area contributed by atoms with Gasteiger partial charge < -0.3 is 20.5 Å². The lowest BCUT2D eigenvalue weighted by Crippen LogP contribution is -2.51. The van der Waals surface area contributed by atoms with E-state index >= 15 is 0 Å². The SMILES string of the molecule is O=C(NCC1CCCC1O)NC1CC2(CCC2)Oc2ccccc21. The van der Waals surface area contributed by atoms with Crippen molar-refractivity contribution in [3.8, 4) is 5.75 Å². The molecular formula is C19H26N2O3. The van der Waals surface area contributed by atoms with Gasteiger partial charge in [-0.3, -0.25) is 0 Å². The van der Waals surface area contributed by atoms with Gasteiger partial charge in [-0.2, -0.15) is 0 Å². The van der Waals surface area contributed by atoms with E-state index in [9.17, 15) is 9.90 Å². The summed E-state index contributed by atoms with van der Waals surface area (Å²) in [5.74, 6) is 1.09. The van der Waals surface area contributed by atoms with E-state index in [2.05, 4.69) is 10.6 Å². The molecule has 0 radical (unpaired) electrons. The van der Waals surface area contributed by atoms with Crippen LogP contribution in [0.15, 0.2) is 24.3 Å². The number of nitrogens with one attached hydrogen (secondary N) is 2. The zero-order chi connectivity index (χ0) is 16.6. The topological polar surface area (TPSA) is 70.6 Å². The predicted molar refractivity (Wildman–Crippen MR) is 90.9 cm³/mol. The van der Waals surface area contributed by atoms with Crippen molar-refractivity contribution in [2.24, 2.45) is 5.92 Å². The highest BCUT2D eigenvalue weighted by Gasteiger charge is 2.45. The molecule has 2 saturated carbocycles. The highest BCUT2D eigenvalue weighted by atomic mass is 16.5. The molecular weight excluding hydrogens is 304 g/mol. The fourth-order valence-corrected chi connectivity index (χ4v) is 4.31. The number of carbonyl (C=O) groups excluding carboxylic acids is 1. The Morgan fingerprint density at radius 2 is 2.08 bits per heavy atom. The molecule has 3 aliphatic rings. The number of rotatable bonds is 3. The normalized spacial score (nSPS) is 30.1. The number of aliphatic hydroxyl groups excluding tert-OH is 1. The Balaban J connectivity index is 1.40. The lowest BCUT2D eigenvalue weighted by Gasteiger charge is -2.48. The smallest absolute Gasteiger partial charge is 0.315 e. The molecule has 3 N–H and O–H groups in total. The third-order valence-corrected chi connectivity index (χ3v) is 5.91. The lowest BCUT2D eigenvalue weighted by atomic mass is 9.73. The van der Waals surface area contributed by atoms with E-state index in [1.165, 1.54) is 6.42 Å². The minimum absolute atomic E-state index is 0.0104. The maximum Gasteiger partial charge on any atom is 0.315 e. The molecule has 1 aromatic carbocycles. The van der Waals surface area contributed by atoms with E-state index in [0.717, 1.165) is 49.8 Å². The molecule has 1 aliphatic heterocycles. The molecule has 2 aliphatic carbocycles. The van der Waals surface area contributed by atoms with Crippen LogP contribution in [0.2, 0.25) is 0 Å². The molecule has 130 valence electrons. The van der Waals surface area contributed by atoms with Crippen molar-refractivity contribution >= 4 is 6.03 Å². The number of para-hydroxylation sites is 1. The molecule has 0 aromatic heterocycles. The molecule has 5 heteroatoms. The number of carbonyl (C=O) groups is 1. The van der Waals surface area contributed by atoms with Gasteiger partial charge in [0.2, 0.25) is 0 Å². The van der Waals surface area contributed by atoms with Gasteiger partial charge in [0.25, 0.3) is 0 Å². The fraction of sp³-hybridized carbons (Fsp3) is 0.632. The summed E-state index contributed by atoms with van der Waals surface area (Å²) in [6.07, 6.45) is 6.78. The van der Waals surface area contributed by atoms with Crippen molar-refractivity contribution in [2.75, 3.05) is 6.54 Å². The Kier molecular flexibility index (Phi) is 4.12. The van der Waals surface area contributed by atoms with Gasteiger partial charge in [-0.25, -0.2) is 4.79 Å². The van der Waals surface area contributed by atoms with Gasteiger partial charge in [0.1, 0.15) is 11.4 Å². The molecule has 1 heterocycles. The number of hydrogen-bond acceptors (Lipinski definition) is 3. The van der Waals surface area contributed by atoms with Crippen molar-refractivity contribution < 1.29 is 14.6 Å². The van der Waals surface area contributed by atoms with Crippen LogP contribution in [0.5, 0.6) is 5.75 Å². The molecule has 0 bridgehead atoms. The second kappa shape index (κ2) is 6.28. The zero-order valence-corrected chi connectivity index (χ0v) is 14.0. The van der Waals surface area contributed by atoms with E-state index < -0.39 is 0 Å². The highest BCUT2D eigenvalue weighted by molar-refractivity contribution is 5.74. The number of amides is 2. The van der Waals surface area contributed by atoms with Crippen LogP contribution in [0.3, 0.4) is 0 Å². The van der Waals surface area contributed by atoms with Crippen LogP contribution < -0.4 is 15.4 Å². The standard InChI is InChI=1S/C19H26N2O3/c22-16-7-3-5-13(16)12-20-18(23)21-15-11-19(9-4-10-19)24-17-8-2-1-6-14(15)17/h1-2,6,8,13,15-16,22H,3-5,7,9-12H2,(H2,20,21,23). The van der Waals surface area contributed by atoms with Crippen LogP contribution in [0.1, 0.15) is 56.6 Å². The fourth-order valence-electron chi connectivity index (χ4n) is 4.31. The Morgan fingerprint density at radius 3 is 2.79 bits per heavy atom.